The third-order valence-electron chi connectivity index (χ3n) is 4.54. The molecular weight excluding hydrogens is 248 g/mol. The van der Waals surface area contributed by atoms with E-state index >= 15 is 0 Å². The number of hydrogen-bond donors (Lipinski definition) is 1. The molecule has 4 heteroatoms. The van der Waals surface area contributed by atoms with Crippen LogP contribution in [-0.2, 0) is 6.54 Å². The molecule has 4 nitrogen and oxygen atoms in total. The summed E-state index contributed by atoms with van der Waals surface area (Å²) < 4.78 is 2.13. The lowest BCUT2D eigenvalue weighted by Gasteiger charge is -2.14. The zero-order valence-electron chi connectivity index (χ0n) is 13.3. The van der Waals surface area contributed by atoms with Gasteiger partial charge in [-0.2, -0.15) is 5.10 Å². The zero-order valence-corrected chi connectivity index (χ0v) is 13.3. The number of hydrogen-bond acceptors (Lipinski definition) is 3. The molecule has 1 N–H and O–H groups in total. The molecule has 114 valence electrons. The molecule has 1 atom stereocenters. The maximum atomic E-state index is 4.69. The van der Waals surface area contributed by atoms with Gasteiger partial charge in [-0.25, -0.2) is 0 Å². The van der Waals surface area contributed by atoms with E-state index in [0.717, 1.165) is 31.8 Å². The summed E-state index contributed by atoms with van der Waals surface area (Å²) in [5.74, 6) is 0.816. The Balaban J connectivity index is 1.72. The Morgan fingerprint density at radius 2 is 2.15 bits per heavy atom. The molecule has 0 aliphatic carbocycles. The van der Waals surface area contributed by atoms with Gasteiger partial charge >= 0.3 is 0 Å². The average molecular weight is 278 g/mol. The van der Waals surface area contributed by atoms with Crippen LogP contribution >= 0.6 is 0 Å². The van der Waals surface area contributed by atoms with Crippen molar-refractivity contribution in [3.05, 3.63) is 18.0 Å². The molecular formula is C16H30N4. The van der Waals surface area contributed by atoms with Crippen LogP contribution in [0.5, 0.6) is 0 Å². The largest absolute Gasteiger partial charge is 0.311 e. The quantitative estimate of drug-likeness (QED) is 0.793. The maximum Gasteiger partial charge on any atom is 0.0762 e. The van der Waals surface area contributed by atoms with Crippen LogP contribution in [0.2, 0.25) is 0 Å². The Bertz CT molecular complexity index is 384. The molecule has 0 spiro atoms. The van der Waals surface area contributed by atoms with E-state index in [1.54, 1.807) is 0 Å². The lowest BCUT2D eigenvalue weighted by Crippen LogP contribution is -2.26. The van der Waals surface area contributed by atoms with Crippen LogP contribution < -0.4 is 5.32 Å². The standard InChI is InChI=1S/C16H30N4/c1-4-16(5-2)20-10-8-15(18-20)12-17-11-14-7-9-19(6-3)13-14/h8,10,14,16-17H,4-7,9,11-13H2,1-3H3. The van der Waals surface area contributed by atoms with Crippen LogP contribution in [0.1, 0.15) is 51.8 Å². The Labute approximate surface area is 123 Å². The minimum absolute atomic E-state index is 0.552. The number of rotatable bonds is 8. The summed E-state index contributed by atoms with van der Waals surface area (Å²) in [7, 11) is 0. The van der Waals surface area contributed by atoms with E-state index < -0.39 is 0 Å². The highest BCUT2D eigenvalue weighted by Gasteiger charge is 2.20. The second-order valence-electron chi connectivity index (χ2n) is 5.94. The molecule has 2 rings (SSSR count). The van der Waals surface area contributed by atoms with Crippen LogP contribution in [0.15, 0.2) is 12.3 Å². The molecule has 0 radical (unpaired) electrons. The van der Waals surface area contributed by atoms with E-state index in [9.17, 15) is 0 Å². The van der Waals surface area contributed by atoms with Crippen LogP contribution in [0.3, 0.4) is 0 Å². The van der Waals surface area contributed by atoms with E-state index in [4.69, 9.17) is 5.10 Å². The van der Waals surface area contributed by atoms with Crippen LogP contribution in [0.4, 0.5) is 0 Å². The molecule has 0 saturated carbocycles. The van der Waals surface area contributed by atoms with Gasteiger partial charge in [0.05, 0.1) is 11.7 Å². The predicted molar refractivity (Wildman–Crippen MR) is 83.8 cm³/mol. The van der Waals surface area contributed by atoms with Crippen molar-refractivity contribution in [1.82, 2.24) is 20.0 Å². The molecule has 20 heavy (non-hydrogen) atoms. The molecule has 0 amide bonds. The van der Waals surface area contributed by atoms with Gasteiger partial charge < -0.3 is 10.2 Å². The third kappa shape index (κ3) is 4.06. The highest BCUT2D eigenvalue weighted by molar-refractivity contribution is 4.99. The molecule has 0 bridgehead atoms. The number of aromatic nitrogens is 2. The van der Waals surface area contributed by atoms with Crippen molar-refractivity contribution >= 4 is 0 Å². The highest BCUT2D eigenvalue weighted by Crippen LogP contribution is 2.16. The second kappa shape index (κ2) is 7.79. The van der Waals surface area contributed by atoms with E-state index in [1.165, 1.54) is 31.7 Å². The van der Waals surface area contributed by atoms with Crippen molar-refractivity contribution in [2.45, 2.75) is 52.6 Å². The number of likely N-dealkylation sites (tertiary alicyclic amines) is 1. The van der Waals surface area contributed by atoms with Gasteiger partial charge in [0.2, 0.25) is 0 Å². The SMILES string of the molecule is CCC(CC)n1ccc(CNCC2CCN(CC)C2)n1. The second-order valence-corrected chi connectivity index (χ2v) is 5.94. The van der Waals surface area contributed by atoms with Crippen molar-refractivity contribution in [3.63, 3.8) is 0 Å². The fraction of sp³-hybridized carbons (Fsp3) is 0.812. The lowest BCUT2D eigenvalue weighted by molar-refractivity contribution is 0.338. The van der Waals surface area contributed by atoms with Gasteiger partial charge in [-0.15, -0.1) is 0 Å². The van der Waals surface area contributed by atoms with Gasteiger partial charge in [0.25, 0.3) is 0 Å². The van der Waals surface area contributed by atoms with Crippen molar-refractivity contribution in [2.24, 2.45) is 5.92 Å². The highest BCUT2D eigenvalue weighted by atomic mass is 15.3. The molecule has 1 fully saturated rings. The Kier molecular flexibility index (Phi) is 6.05. The lowest BCUT2D eigenvalue weighted by atomic mass is 10.1. The van der Waals surface area contributed by atoms with Gasteiger partial charge in [0.15, 0.2) is 0 Å². The van der Waals surface area contributed by atoms with E-state index in [0.29, 0.717) is 6.04 Å². The first-order valence-electron chi connectivity index (χ1n) is 8.23. The van der Waals surface area contributed by atoms with Gasteiger partial charge in [0, 0.05) is 19.3 Å². The average Bonchev–Trinajstić information content (AvgIpc) is 3.10. The molecule has 0 aromatic carbocycles. The van der Waals surface area contributed by atoms with Crippen molar-refractivity contribution < 1.29 is 0 Å². The van der Waals surface area contributed by atoms with Gasteiger partial charge in [-0.05, 0) is 50.9 Å². The Morgan fingerprint density at radius 1 is 1.35 bits per heavy atom. The molecule has 1 unspecified atom stereocenters. The van der Waals surface area contributed by atoms with Crippen LogP contribution in [0.25, 0.3) is 0 Å². The fourth-order valence-electron chi connectivity index (χ4n) is 3.11. The number of nitrogens with one attached hydrogen (secondary N) is 1. The van der Waals surface area contributed by atoms with Crippen molar-refractivity contribution in [3.8, 4) is 0 Å². The topological polar surface area (TPSA) is 33.1 Å². The summed E-state index contributed by atoms with van der Waals surface area (Å²) in [6, 6.07) is 2.70. The summed E-state index contributed by atoms with van der Waals surface area (Å²) in [5, 5.41) is 8.27. The van der Waals surface area contributed by atoms with Crippen molar-refractivity contribution in [1.29, 1.82) is 0 Å². The minimum atomic E-state index is 0.552. The summed E-state index contributed by atoms with van der Waals surface area (Å²) >= 11 is 0. The maximum absolute atomic E-state index is 4.69. The first-order valence-corrected chi connectivity index (χ1v) is 8.23. The molecule has 2 heterocycles. The Morgan fingerprint density at radius 3 is 2.80 bits per heavy atom. The Hall–Kier alpha value is -0.870. The van der Waals surface area contributed by atoms with Gasteiger partial charge in [-0.3, -0.25) is 4.68 Å². The first-order chi connectivity index (χ1) is 9.76. The number of nitrogens with zero attached hydrogens (tertiary/aromatic N) is 3. The monoisotopic (exact) mass is 278 g/mol. The normalized spacial score (nSPS) is 20.1. The summed E-state index contributed by atoms with van der Waals surface area (Å²) in [5.41, 5.74) is 1.17. The minimum Gasteiger partial charge on any atom is -0.311 e. The predicted octanol–water partition coefficient (Wildman–Crippen LogP) is 2.68. The fourth-order valence-corrected chi connectivity index (χ4v) is 3.11. The molecule has 1 aromatic rings. The molecule has 1 aromatic heterocycles. The summed E-state index contributed by atoms with van der Waals surface area (Å²) in [6.07, 6.45) is 5.77. The van der Waals surface area contributed by atoms with E-state index in [-0.39, 0.29) is 0 Å². The summed E-state index contributed by atoms with van der Waals surface area (Å²) in [4.78, 5) is 2.54. The third-order valence-corrected chi connectivity index (χ3v) is 4.54. The van der Waals surface area contributed by atoms with Crippen molar-refractivity contribution in [2.75, 3.05) is 26.2 Å². The van der Waals surface area contributed by atoms with E-state index in [1.807, 2.05) is 0 Å². The summed E-state index contributed by atoms with van der Waals surface area (Å²) in [6.45, 7) is 12.4. The van der Waals surface area contributed by atoms with Crippen LogP contribution in [0, 0.1) is 5.92 Å². The smallest absolute Gasteiger partial charge is 0.0762 e. The zero-order chi connectivity index (χ0) is 14.4. The van der Waals surface area contributed by atoms with E-state index in [2.05, 4.69) is 47.9 Å². The molecule has 1 aliphatic heterocycles. The first kappa shape index (κ1) is 15.5. The van der Waals surface area contributed by atoms with Gasteiger partial charge in [0.1, 0.15) is 0 Å². The molecule has 1 aliphatic rings. The van der Waals surface area contributed by atoms with Crippen LogP contribution in [-0.4, -0.2) is 40.9 Å². The van der Waals surface area contributed by atoms with Gasteiger partial charge in [-0.1, -0.05) is 20.8 Å². The molecule has 1 saturated heterocycles.